The van der Waals surface area contributed by atoms with Crippen molar-refractivity contribution in [2.75, 3.05) is 26.2 Å². The SMILES string of the molecule is CS(=O)(=O)Nc1cccc(Cl)c1C(=O)c1ncc(Cl)cc1NS(=O)(=O)c1ccc(Cl)c(C(F)(F)F)c1.Nc1cccc(Cl)c1C(=O)c1ncc(Cl)cc1NS(=O)(=O)c1ccc(Cl)c(C(F)(F)F)c1. The summed E-state index contributed by atoms with van der Waals surface area (Å²) in [7, 11) is -13.2. The zero-order valence-corrected chi connectivity index (χ0v) is 40.2. The quantitative estimate of drug-likeness (QED) is 0.0512. The molecule has 0 fully saturated rings. The molecular weight excluding hydrogens is 1100 g/mol. The highest BCUT2D eigenvalue weighted by atomic mass is 35.5. The van der Waals surface area contributed by atoms with Crippen LogP contribution in [0.3, 0.4) is 0 Å². The third-order valence-corrected chi connectivity index (χ3v) is 13.6. The van der Waals surface area contributed by atoms with Gasteiger partial charge in [-0.05, 0) is 72.8 Å². The summed E-state index contributed by atoms with van der Waals surface area (Å²) in [5.41, 5.74) is 0.542. The zero-order valence-electron chi connectivity index (χ0n) is 33.2. The first kappa shape index (κ1) is 53.8. The van der Waals surface area contributed by atoms with Gasteiger partial charge in [-0.15, -0.1) is 0 Å². The number of aromatic nitrogens is 2. The van der Waals surface area contributed by atoms with E-state index in [9.17, 15) is 61.2 Å². The number of ketones is 2. The van der Waals surface area contributed by atoms with Crippen LogP contribution in [0.2, 0.25) is 30.1 Å². The highest BCUT2D eigenvalue weighted by Gasteiger charge is 2.36. The van der Waals surface area contributed by atoms with E-state index in [0.717, 1.165) is 55.0 Å². The zero-order chi connectivity index (χ0) is 50.9. The number of benzene rings is 4. The lowest BCUT2D eigenvalue weighted by Crippen LogP contribution is -2.19. The number of pyridine rings is 2. The predicted octanol–water partition coefficient (Wildman–Crippen LogP) is 11.1. The van der Waals surface area contributed by atoms with E-state index < -0.39 is 102 Å². The van der Waals surface area contributed by atoms with Crippen molar-refractivity contribution in [3.8, 4) is 0 Å². The van der Waals surface area contributed by atoms with Crippen molar-refractivity contribution in [2.24, 2.45) is 0 Å². The van der Waals surface area contributed by atoms with Gasteiger partial charge >= 0.3 is 12.4 Å². The molecule has 0 atom stereocenters. The summed E-state index contributed by atoms with van der Waals surface area (Å²) >= 11 is 35.1. The lowest BCUT2D eigenvalue weighted by Gasteiger charge is -2.16. The van der Waals surface area contributed by atoms with Crippen molar-refractivity contribution in [2.45, 2.75) is 22.1 Å². The van der Waals surface area contributed by atoms with Gasteiger partial charge in [0.25, 0.3) is 20.0 Å². The van der Waals surface area contributed by atoms with Crippen LogP contribution in [0.1, 0.15) is 43.2 Å². The second-order valence-electron chi connectivity index (χ2n) is 13.5. The van der Waals surface area contributed by atoms with Gasteiger partial charge in [-0.3, -0.25) is 23.8 Å². The molecule has 14 nitrogen and oxygen atoms in total. The number of hydrogen-bond acceptors (Lipinski definition) is 11. The molecule has 0 amide bonds. The molecule has 6 aromatic rings. The number of nitrogens with one attached hydrogen (secondary N) is 3. The summed E-state index contributed by atoms with van der Waals surface area (Å²) < 4.78 is 160. The molecule has 5 N–H and O–H groups in total. The predicted molar refractivity (Wildman–Crippen MR) is 246 cm³/mol. The number of halogens is 12. The Labute approximate surface area is 411 Å². The van der Waals surface area contributed by atoms with Crippen molar-refractivity contribution in [1.82, 2.24) is 9.97 Å². The van der Waals surface area contributed by atoms with Gasteiger partial charge in [-0.25, -0.2) is 35.2 Å². The number of nitrogens with two attached hydrogens (primary N) is 1. The van der Waals surface area contributed by atoms with Crippen LogP contribution in [0.15, 0.2) is 107 Å². The molecule has 0 aliphatic carbocycles. The van der Waals surface area contributed by atoms with Crippen LogP contribution in [0.5, 0.6) is 0 Å². The number of sulfonamides is 3. The van der Waals surface area contributed by atoms with Crippen LogP contribution in [-0.4, -0.2) is 53.0 Å². The summed E-state index contributed by atoms with van der Waals surface area (Å²) in [4.78, 5) is 32.5. The molecule has 6 rings (SSSR count). The molecule has 4 aromatic carbocycles. The molecule has 0 aliphatic heterocycles. The lowest BCUT2D eigenvalue weighted by molar-refractivity contribution is -0.138. The van der Waals surface area contributed by atoms with Crippen molar-refractivity contribution < 1.29 is 61.2 Å². The van der Waals surface area contributed by atoms with Gasteiger partial charge in [0.1, 0.15) is 11.4 Å². The fourth-order valence-corrected chi connectivity index (χ4v) is 9.67. The van der Waals surface area contributed by atoms with E-state index in [-0.39, 0.29) is 48.3 Å². The van der Waals surface area contributed by atoms with E-state index in [1.165, 1.54) is 36.4 Å². The molecule has 2 heterocycles. The minimum absolute atomic E-state index is 0.00641. The Morgan fingerprint density at radius 2 is 0.926 bits per heavy atom. The summed E-state index contributed by atoms with van der Waals surface area (Å²) in [6.45, 7) is 0. The summed E-state index contributed by atoms with van der Waals surface area (Å²) in [6, 6.07) is 14.3. The van der Waals surface area contributed by atoms with Crippen molar-refractivity contribution in [3.63, 3.8) is 0 Å². The Morgan fingerprint density at radius 1 is 0.529 bits per heavy atom. The van der Waals surface area contributed by atoms with Gasteiger partial charge in [-0.2, -0.15) is 26.3 Å². The first-order valence-electron chi connectivity index (χ1n) is 17.8. The van der Waals surface area contributed by atoms with Gasteiger partial charge in [0.2, 0.25) is 21.6 Å². The van der Waals surface area contributed by atoms with E-state index in [4.69, 9.17) is 75.3 Å². The molecular formula is C39H24Cl6F6N6O8S3. The van der Waals surface area contributed by atoms with E-state index in [2.05, 4.69) is 14.7 Å². The third-order valence-electron chi connectivity index (χ3n) is 8.54. The second kappa shape index (κ2) is 20.5. The minimum Gasteiger partial charge on any atom is -0.398 e. The third kappa shape index (κ3) is 12.9. The fourth-order valence-electron chi connectivity index (χ4n) is 5.64. The molecule has 0 spiro atoms. The Hall–Kier alpha value is -5.11. The summed E-state index contributed by atoms with van der Waals surface area (Å²) in [5, 5.41) is -1.75. The maximum Gasteiger partial charge on any atom is 0.417 e. The Morgan fingerprint density at radius 3 is 1.32 bits per heavy atom. The minimum atomic E-state index is -4.94. The summed E-state index contributed by atoms with van der Waals surface area (Å²) in [6.07, 6.45) is -6.89. The van der Waals surface area contributed by atoms with Crippen molar-refractivity contribution in [1.29, 1.82) is 0 Å². The first-order valence-corrected chi connectivity index (χ1v) is 24.9. The number of carbonyl (C=O) groups excluding carboxylic acids is 2. The van der Waals surface area contributed by atoms with Crippen LogP contribution in [0, 0.1) is 0 Å². The van der Waals surface area contributed by atoms with Crippen LogP contribution in [-0.2, 0) is 42.4 Å². The highest BCUT2D eigenvalue weighted by molar-refractivity contribution is 7.93. The van der Waals surface area contributed by atoms with Gasteiger partial charge in [0.05, 0.1) is 85.5 Å². The molecule has 2 aromatic heterocycles. The Bertz CT molecular complexity index is 3330. The maximum absolute atomic E-state index is 13.3. The number of carbonyl (C=O) groups is 2. The number of nitrogen functional groups attached to an aromatic ring is 1. The van der Waals surface area contributed by atoms with Gasteiger partial charge in [0, 0.05) is 18.1 Å². The standard InChI is InChI=1S/C20H13Cl3F3N3O5S2.C19H11Cl3F3N3O3S/c1-35(31,32)28-15-4-2-3-14(23)17(15)19(30)18-16(7-10(21)9-27-18)29-36(33,34)11-5-6-13(22)12(8-11)20(24,25)26;20-9-6-15(17(27-8-9)18(29)16-13(22)2-1-3-14(16)26)28-32(30,31)10-4-5-12(21)11(7-10)19(23,24)25/h2-9,28-29H,1H3;1-8,28H,26H2. The first-order chi connectivity index (χ1) is 31.3. The van der Waals surface area contributed by atoms with E-state index in [1.54, 1.807) is 0 Å². The second-order valence-corrected chi connectivity index (χ2v) is 21.1. The number of anilines is 4. The topological polar surface area (TPSA) is 224 Å². The molecule has 360 valence electrons. The van der Waals surface area contributed by atoms with Gasteiger partial charge in [0.15, 0.2) is 0 Å². The smallest absolute Gasteiger partial charge is 0.398 e. The highest BCUT2D eigenvalue weighted by Crippen LogP contribution is 2.39. The average molecular weight is 1130 g/mol. The molecule has 0 unspecified atom stereocenters. The fraction of sp³-hybridized carbons (Fsp3) is 0.0769. The summed E-state index contributed by atoms with van der Waals surface area (Å²) in [5.74, 6) is -1.83. The Kier molecular flexibility index (Phi) is 16.2. The lowest BCUT2D eigenvalue weighted by atomic mass is 10.0. The van der Waals surface area contributed by atoms with Gasteiger partial charge in [-0.1, -0.05) is 81.7 Å². The van der Waals surface area contributed by atoms with Crippen LogP contribution < -0.4 is 19.9 Å². The largest absolute Gasteiger partial charge is 0.417 e. The number of rotatable bonds is 12. The molecule has 0 bridgehead atoms. The molecule has 0 saturated heterocycles. The van der Waals surface area contributed by atoms with E-state index >= 15 is 0 Å². The van der Waals surface area contributed by atoms with Crippen molar-refractivity contribution >= 4 is 134 Å². The average Bonchev–Trinajstić information content (AvgIpc) is 3.19. The maximum atomic E-state index is 13.3. The monoisotopic (exact) mass is 1120 g/mol. The number of hydrogen-bond donors (Lipinski definition) is 4. The van der Waals surface area contributed by atoms with E-state index in [0.29, 0.717) is 12.1 Å². The molecule has 0 saturated carbocycles. The Balaban J connectivity index is 0.000000256. The van der Waals surface area contributed by atoms with Gasteiger partial charge < -0.3 is 5.73 Å². The molecule has 29 heteroatoms. The molecule has 0 radical (unpaired) electrons. The van der Waals surface area contributed by atoms with Crippen LogP contribution in [0.25, 0.3) is 0 Å². The number of nitrogens with zero attached hydrogens (tertiary/aromatic N) is 2. The normalized spacial score (nSPS) is 12.1. The van der Waals surface area contributed by atoms with Crippen LogP contribution >= 0.6 is 69.6 Å². The van der Waals surface area contributed by atoms with Crippen LogP contribution in [0.4, 0.5) is 49.1 Å². The van der Waals surface area contributed by atoms with E-state index in [1.807, 2.05) is 9.44 Å². The molecule has 68 heavy (non-hydrogen) atoms. The molecule has 0 aliphatic rings. The van der Waals surface area contributed by atoms with Crippen molar-refractivity contribution in [3.05, 3.63) is 161 Å². The number of alkyl halides is 6.